The fraction of sp³-hybridized carbons (Fsp3) is 0. The second kappa shape index (κ2) is 3.61. The molecule has 1 unspecified atom stereocenters. The van der Waals surface area contributed by atoms with Crippen LogP contribution >= 0.6 is 22.0 Å². The first-order valence-corrected chi connectivity index (χ1v) is 6.13. The van der Waals surface area contributed by atoms with Gasteiger partial charge in [0.1, 0.15) is 4.21 Å². The lowest BCUT2D eigenvalue weighted by atomic mass is 10.4. The molecule has 0 bridgehead atoms. The maximum atomic E-state index is 10.9. The Kier molecular flexibility index (Phi) is 2.48. The van der Waals surface area contributed by atoms with Crippen LogP contribution in [0.1, 0.15) is 0 Å². The third-order valence-corrected chi connectivity index (χ3v) is 4.24. The molecule has 0 aliphatic heterocycles. The van der Waals surface area contributed by atoms with Gasteiger partial charge < -0.3 is 4.42 Å². The Hall–Kier alpha value is -0.650. The summed E-state index contributed by atoms with van der Waals surface area (Å²) >= 11 is 1.33. The van der Waals surface area contributed by atoms with Crippen molar-refractivity contribution in [2.45, 2.75) is 4.21 Å². The summed E-state index contributed by atoms with van der Waals surface area (Å²) in [5, 5.41) is 0. The fourth-order valence-electron chi connectivity index (χ4n) is 0.876. The summed E-state index contributed by atoms with van der Waals surface area (Å²) < 4.78 is 16.6. The van der Waals surface area contributed by atoms with E-state index in [2.05, 4.69) is 4.98 Å². The number of nitrogens with zero attached hydrogens (tertiary/aromatic N) is 1. The van der Waals surface area contributed by atoms with E-state index in [0.717, 1.165) is 4.88 Å². The van der Waals surface area contributed by atoms with Gasteiger partial charge in [0.2, 0.25) is 0 Å². The lowest BCUT2D eigenvalue weighted by molar-refractivity contribution is 0.573. The number of oxazole rings is 1. The van der Waals surface area contributed by atoms with Crippen LogP contribution < -0.4 is 0 Å². The second-order valence-electron chi connectivity index (χ2n) is 2.21. The van der Waals surface area contributed by atoms with E-state index < -0.39 is 10.0 Å². The molecule has 0 spiro atoms. The van der Waals surface area contributed by atoms with Gasteiger partial charge in [-0.2, -0.15) is 0 Å². The van der Waals surface area contributed by atoms with Gasteiger partial charge in [-0.05, 0) is 22.8 Å². The van der Waals surface area contributed by atoms with Crippen molar-refractivity contribution in [2.24, 2.45) is 0 Å². The molecule has 0 fully saturated rings. The Morgan fingerprint density at radius 1 is 1.54 bits per heavy atom. The fourth-order valence-corrected chi connectivity index (χ4v) is 2.71. The number of hydrogen-bond acceptors (Lipinski definition) is 4. The van der Waals surface area contributed by atoms with Gasteiger partial charge in [-0.1, -0.05) is 0 Å². The van der Waals surface area contributed by atoms with Crippen LogP contribution in [0.4, 0.5) is 0 Å². The molecule has 0 saturated carbocycles. The average molecular weight is 234 g/mol. The molecule has 0 aliphatic carbocycles. The number of hydrogen-bond donors (Lipinski definition) is 0. The third kappa shape index (κ3) is 1.82. The van der Waals surface area contributed by atoms with Crippen molar-refractivity contribution in [1.82, 2.24) is 4.98 Å². The summed E-state index contributed by atoms with van der Waals surface area (Å²) in [6.07, 6.45) is 2.96. The van der Waals surface area contributed by atoms with Gasteiger partial charge >= 0.3 is 0 Å². The second-order valence-corrected chi connectivity index (χ2v) is 5.28. The van der Waals surface area contributed by atoms with Crippen LogP contribution in [-0.4, -0.2) is 9.19 Å². The number of thiophene rings is 1. The zero-order valence-electron chi connectivity index (χ0n) is 6.27. The van der Waals surface area contributed by atoms with Crippen molar-refractivity contribution in [1.29, 1.82) is 0 Å². The van der Waals surface area contributed by atoms with E-state index in [1.807, 2.05) is 0 Å². The highest BCUT2D eigenvalue weighted by Crippen LogP contribution is 2.30. The molecule has 2 rings (SSSR count). The number of halogens is 1. The summed E-state index contributed by atoms with van der Waals surface area (Å²) in [6, 6.07) is 3.52. The molecule has 0 saturated heterocycles. The molecule has 6 heteroatoms. The smallest absolute Gasteiger partial charge is 0.181 e. The predicted octanol–water partition coefficient (Wildman–Crippen LogP) is 2.66. The number of aromatic nitrogens is 1. The van der Waals surface area contributed by atoms with Crippen LogP contribution in [0.15, 0.2) is 33.3 Å². The highest BCUT2D eigenvalue weighted by molar-refractivity contribution is 8.09. The summed E-state index contributed by atoms with van der Waals surface area (Å²) in [5.41, 5.74) is 0. The third-order valence-electron chi connectivity index (χ3n) is 1.41. The molecule has 2 heterocycles. The molecule has 2 aromatic rings. The first-order valence-electron chi connectivity index (χ1n) is 3.34. The van der Waals surface area contributed by atoms with E-state index in [1.54, 1.807) is 18.3 Å². The topological polar surface area (TPSA) is 43.1 Å². The van der Waals surface area contributed by atoms with E-state index in [-0.39, 0.29) is 0 Å². The van der Waals surface area contributed by atoms with E-state index in [0.29, 0.717) is 9.97 Å². The molecule has 0 amide bonds. The molecule has 1 atom stereocenters. The van der Waals surface area contributed by atoms with Gasteiger partial charge in [-0.15, -0.1) is 11.3 Å². The van der Waals surface area contributed by atoms with Gasteiger partial charge in [0.15, 0.2) is 22.2 Å². The van der Waals surface area contributed by atoms with Crippen LogP contribution in [0.2, 0.25) is 0 Å². The molecule has 0 radical (unpaired) electrons. The number of rotatable bonds is 2. The summed E-state index contributed by atoms with van der Waals surface area (Å²) in [6.45, 7) is 0. The largest absolute Gasteiger partial charge is 0.443 e. The normalized spacial score (nSPS) is 13.0. The van der Waals surface area contributed by atoms with Gasteiger partial charge in [0, 0.05) is 0 Å². The van der Waals surface area contributed by atoms with Crippen LogP contribution in [0.25, 0.3) is 10.6 Å². The predicted molar refractivity (Wildman–Crippen MR) is 52.1 cm³/mol. The van der Waals surface area contributed by atoms with Crippen LogP contribution in [0.3, 0.4) is 0 Å². The molecule has 3 nitrogen and oxygen atoms in total. The SMILES string of the molecule is O=S(Cl)c1ccc(-c2cnco2)s1. The minimum Gasteiger partial charge on any atom is -0.443 e. The molecular formula is C7H4ClNO2S2. The van der Waals surface area contributed by atoms with Crippen molar-refractivity contribution in [2.75, 3.05) is 0 Å². The van der Waals surface area contributed by atoms with E-state index in [4.69, 9.17) is 15.1 Å². The van der Waals surface area contributed by atoms with E-state index in [9.17, 15) is 4.21 Å². The summed E-state index contributed by atoms with van der Waals surface area (Å²) in [5.74, 6) is 0.665. The molecule has 13 heavy (non-hydrogen) atoms. The first kappa shape index (κ1) is 8.93. The molecular weight excluding hydrogens is 230 g/mol. The lowest BCUT2D eigenvalue weighted by Gasteiger charge is -1.85. The van der Waals surface area contributed by atoms with E-state index >= 15 is 0 Å². The lowest BCUT2D eigenvalue weighted by Crippen LogP contribution is -1.69. The molecule has 0 N–H and O–H groups in total. The van der Waals surface area contributed by atoms with Gasteiger partial charge in [-0.25, -0.2) is 9.19 Å². The maximum Gasteiger partial charge on any atom is 0.181 e. The first-order chi connectivity index (χ1) is 6.27. The van der Waals surface area contributed by atoms with Crippen molar-refractivity contribution in [3.63, 3.8) is 0 Å². The van der Waals surface area contributed by atoms with Gasteiger partial charge in [0.05, 0.1) is 11.1 Å². The molecule has 2 aromatic heterocycles. The highest BCUT2D eigenvalue weighted by atomic mass is 35.7. The molecule has 68 valence electrons. The van der Waals surface area contributed by atoms with Crippen molar-refractivity contribution >= 4 is 32.0 Å². The summed E-state index contributed by atoms with van der Waals surface area (Å²) in [7, 11) is 3.97. The van der Waals surface area contributed by atoms with Crippen LogP contribution in [-0.2, 0) is 10.0 Å². The highest BCUT2D eigenvalue weighted by Gasteiger charge is 2.08. The zero-order chi connectivity index (χ0) is 9.26. The Morgan fingerprint density at radius 3 is 2.92 bits per heavy atom. The Bertz CT molecular complexity index is 423. The van der Waals surface area contributed by atoms with Gasteiger partial charge in [0.25, 0.3) is 0 Å². The maximum absolute atomic E-state index is 10.9. The quantitative estimate of drug-likeness (QED) is 0.749. The van der Waals surface area contributed by atoms with Crippen molar-refractivity contribution in [3.8, 4) is 10.6 Å². The minimum atomic E-state index is -1.44. The van der Waals surface area contributed by atoms with Crippen molar-refractivity contribution < 1.29 is 8.63 Å². The van der Waals surface area contributed by atoms with Gasteiger partial charge in [-0.3, -0.25) is 0 Å². The Morgan fingerprint density at radius 2 is 2.38 bits per heavy atom. The Balaban J connectivity index is 2.39. The molecule has 0 aromatic carbocycles. The van der Waals surface area contributed by atoms with Crippen LogP contribution in [0.5, 0.6) is 0 Å². The van der Waals surface area contributed by atoms with E-state index in [1.165, 1.54) is 17.7 Å². The van der Waals surface area contributed by atoms with Crippen LogP contribution in [0, 0.1) is 0 Å². The minimum absolute atomic E-state index is 0.619. The Labute approximate surface area is 85.3 Å². The average Bonchev–Trinajstić information content (AvgIpc) is 2.75. The summed E-state index contributed by atoms with van der Waals surface area (Å²) in [4.78, 5) is 4.66. The molecule has 0 aliphatic rings. The zero-order valence-corrected chi connectivity index (χ0v) is 8.66. The standard InChI is InChI=1S/C7H4ClNO2S2/c8-13(10)7-2-1-6(12-7)5-3-9-4-11-5/h1-4H. The monoisotopic (exact) mass is 233 g/mol. The van der Waals surface area contributed by atoms with Crippen molar-refractivity contribution in [3.05, 3.63) is 24.7 Å².